The molecule has 2 aliphatic heterocycles. The number of nitrogens with zero attached hydrogens (tertiary/aromatic N) is 2. The predicted molar refractivity (Wildman–Crippen MR) is 60.7 cm³/mol. The van der Waals surface area contributed by atoms with Crippen LogP contribution in [0.2, 0.25) is 0 Å². The van der Waals surface area contributed by atoms with E-state index in [2.05, 4.69) is 20.8 Å². The van der Waals surface area contributed by atoms with E-state index in [1.807, 2.05) is 9.80 Å². The second kappa shape index (κ2) is 3.69. The number of carbonyl (C=O) groups is 1. The van der Waals surface area contributed by atoms with Gasteiger partial charge in [-0.3, -0.25) is 0 Å². The van der Waals surface area contributed by atoms with Crippen molar-refractivity contribution in [3.8, 4) is 0 Å². The molecule has 2 aliphatic rings. The molecule has 1 unspecified atom stereocenters. The molecule has 1 atom stereocenters. The molecule has 2 fully saturated rings. The Morgan fingerprint density at radius 2 is 1.80 bits per heavy atom. The van der Waals surface area contributed by atoms with Crippen LogP contribution in [0.3, 0.4) is 0 Å². The van der Waals surface area contributed by atoms with Gasteiger partial charge < -0.3 is 9.80 Å². The van der Waals surface area contributed by atoms with Gasteiger partial charge in [-0.05, 0) is 24.2 Å². The molecule has 0 aromatic heterocycles. The van der Waals surface area contributed by atoms with Gasteiger partial charge in [0.25, 0.3) is 0 Å². The van der Waals surface area contributed by atoms with E-state index in [1.165, 1.54) is 12.8 Å². The maximum absolute atomic E-state index is 12.0. The Bertz CT molecular complexity index is 253. The molecule has 86 valence electrons. The molecule has 0 aliphatic carbocycles. The van der Waals surface area contributed by atoms with Crippen molar-refractivity contribution in [2.45, 2.75) is 33.6 Å². The molecule has 0 saturated carbocycles. The fourth-order valence-corrected chi connectivity index (χ4v) is 2.35. The van der Waals surface area contributed by atoms with E-state index in [4.69, 9.17) is 0 Å². The number of hydrogen-bond acceptors (Lipinski definition) is 1. The molecule has 3 nitrogen and oxygen atoms in total. The van der Waals surface area contributed by atoms with E-state index in [-0.39, 0.29) is 6.03 Å². The van der Waals surface area contributed by atoms with Gasteiger partial charge in [0.05, 0.1) is 0 Å². The van der Waals surface area contributed by atoms with Gasteiger partial charge >= 0.3 is 6.03 Å². The summed E-state index contributed by atoms with van der Waals surface area (Å²) in [4.78, 5) is 16.0. The Labute approximate surface area is 92.4 Å². The molecule has 2 amide bonds. The Hall–Kier alpha value is -0.730. The van der Waals surface area contributed by atoms with Gasteiger partial charge in [-0.2, -0.15) is 0 Å². The van der Waals surface area contributed by atoms with E-state index in [0.29, 0.717) is 11.3 Å². The van der Waals surface area contributed by atoms with Crippen LogP contribution in [0.15, 0.2) is 0 Å². The van der Waals surface area contributed by atoms with Crippen molar-refractivity contribution in [3.63, 3.8) is 0 Å². The normalized spacial score (nSPS) is 26.7. The van der Waals surface area contributed by atoms with Crippen LogP contribution in [0.1, 0.15) is 33.6 Å². The predicted octanol–water partition coefficient (Wildman–Crippen LogP) is 2.18. The van der Waals surface area contributed by atoms with E-state index in [0.717, 1.165) is 26.2 Å². The largest absolute Gasteiger partial charge is 0.325 e. The Balaban J connectivity index is 1.89. The summed E-state index contributed by atoms with van der Waals surface area (Å²) in [7, 11) is 0. The molecule has 15 heavy (non-hydrogen) atoms. The molecule has 0 bridgehead atoms. The minimum absolute atomic E-state index is 0.271. The third-order valence-corrected chi connectivity index (χ3v) is 3.81. The second-order valence-electron chi connectivity index (χ2n) is 5.92. The first-order valence-corrected chi connectivity index (χ1v) is 6.02. The quantitative estimate of drug-likeness (QED) is 0.601. The van der Waals surface area contributed by atoms with Gasteiger partial charge in [0.15, 0.2) is 0 Å². The lowest BCUT2D eigenvalue weighted by Crippen LogP contribution is -2.49. The molecule has 0 N–H and O–H groups in total. The van der Waals surface area contributed by atoms with Crippen LogP contribution in [-0.2, 0) is 0 Å². The zero-order valence-electron chi connectivity index (χ0n) is 10.1. The highest BCUT2D eigenvalue weighted by atomic mass is 16.2. The van der Waals surface area contributed by atoms with Crippen molar-refractivity contribution in [2.75, 3.05) is 26.2 Å². The maximum atomic E-state index is 12.0. The lowest BCUT2D eigenvalue weighted by molar-refractivity contribution is 0.130. The molecule has 2 heterocycles. The van der Waals surface area contributed by atoms with Crippen molar-refractivity contribution in [1.29, 1.82) is 0 Å². The third-order valence-electron chi connectivity index (χ3n) is 3.81. The van der Waals surface area contributed by atoms with Gasteiger partial charge in [-0.25, -0.2) is 4.79 Å². The summed E-state index contributed by atoms with van der Waals surface area (Å²) in [6.07, 6.45) is 2.35. The van der Waals surface area contributed by atoms with Gasteiger partial charge in [0.1, 0.15) is 0 Å². The van der Waals surface area contributed by atoms with Crippen LogP contribution in [0.25, 0.3) is 0 Å². The standard InChI is InChI=1S/C12H22N2O/c1-12(2,3)10-5-8-14(9-10)11(15)13-6-4-7-13/h10H,4-9H2,1-3H3. The highest BCUT2D eigenvalue weighted by molar-refractivity contribution is 5.75. The Morgan fingerprint density at radius 1 is 1.13 bits per heavy atom. The van der Waals surface area contributed by atoms with Gasteiger partial charge in [-0.1, -0.05) is 20.8 Å². The van der Waals surface area contributed by atoms with Crippen molar-refractivity contribution in [3.05, 3.63) is 0 Å². The van der Waals surface area contributed by atoms with Crippen LogP contribution in [-0.4, -0.2) is 42.0 Å². The summed E-state index contributed by atoms with van der Waals surface area (Å²) < 4.78 is 0. The number of rotatable bonds is 0. The lowest BCUT2D eigenvalue weighted by atomic mass is 9.80. The van der Waals surface area contributed by atoms with Crippen LogP contribution < -0.4 is 0 Å². The third kappa shape index (κ3) is 2.11. The Morgan fingerprint density at radius 3 is 2.20 bits per heavy atom. The second-order valence-corrected chi connectivity index (χ2v) is 5.92. The molecular weight excluding hydrogens is 188 g/mol. The topological polar surface area (TPSA) is 23.6 Å². The first-order chi connectivity index (χ1) is 6.98. The molecule has 2 saturated heterocycles. The van der Waals surface area contributed by atoms with Crippen LogP contribution in [0.5, 0.6) is 0 Å². The smallest absolute Gasteiger partial charge is 0.320 e. The molecule has 0 aromatic rings. The number of hydrogen-bond donors (Lipinski definition) is 0. The lowest BCUT2D eigenvalue weighted by Gasteiger charge is -2.35. The van der Waals surface area contributed by atoms with Crippen molar-refractivity contribution >= 4 is 6.03 Å². The van der Waals surface area contributed by atoms with Crippen molar-refractivity contribution in [2.24, 2.45) is 11.3 Å². The first-order valence-electron chi connectivity index (χ1n) is 6.02. The molecule has 0 spiro atoms. The van der Waals surface area contributed by atoms with Crippen LogP contribution in [0.4, 0.5) is 4.79 Å². The fourth-order valence-electron chi connectivity index (χ4n) is 2.35. The van der Waals surface area contributed by atoms with E-state index in [9.17, 15) is 4.79 Å². The molecule has 0 aromatic carbocycles. The molecule has 2 rings (SSSR count). The summed E-state index contributed by atoms with van der Waals surface area (Å²) >= 11 is 0. The minimum atomic E-state index is 0.271. The fraction of sp³-hybridized carbons (Fsp3) is 0.917. The maximum Gasteiger partial charge on any atom is 0.320 e. The Kier molecular flexibility index (Phi) is 2.65. The summed E-state index contributed by atoms with van der Waals surface area (Å²) in [5.74, 6) is 0.669. The number of likely N-dealkylation sites (tertiary alicyclic amines) is 2. The van der Waals surface area contributed by atoms with Gasteiger partial charge in [0.2, 0.25) is 0 Å². The van der Waals surface area contributed by atoms with Crippen LogP contribution >= 0.6 is 0 Å². The monoisotopic (exact) mass is 210 g/mol. The highest BCUT2D eigenvalue weighted by Crippen LogP contribution is 2.34. The first kappa shape index (κ1) is 10.8. The van der Waals surface area contributed by atoms with Gasteiger partial charge in [-0.15, -0.1) is 0 Å². The summed E-state index contributed by atoms with van der Waals surface area (Å²) in [6, 6.07) is 0.271. The zero-order chi connectivity index (χ0) is 11.1. The average Bonchev–Trinajstić information content (AvgIpc) is 2.46. The summed E-state index contributed by atoms with van der Waals surface area (Å²) in [5, 5.41) is 0. The van der Waals surface area contributed by atoms with E-state index >= 15 is 0 Å². The van der Waals surface area contributed by atoms with Crippen LogP contribution in [0, 0.1) is 11.3 Å². The van der Waals surface area contributed by atoms with Crippen molar-refractivity contribution < 1.29 is 4.79 Å². The summed E-state index contributed by atoms with van der Waals surface area (Å²) in [6.45, 7) is 10.7. The van der Waals surface area contributed by atoms with Gasteiger partial charge in [0, 0.05) is 26.2 Å². The zero-order valence-corrected chi connectivity index (χ0v) is 10.1. The van der Waals surface area contributed by atoms with Crippen molar-refractivity contribution in [1.82, 2.24) is 9.80 Å². The molecule has 3 heteroatoms. The van der Waals surface area contributed by atoms with E-state index < -0.39 is 0 Å². The molecular formula is C12H22N2O. The number of carbonyl (C=O) groups excluding carboxylic acids is 1. The minimum Gasteiger partial charge on any atom is -0.325 e. The average molecular weight is 210 g/mol. The molecule has 0 radical (unpaired) electrons. The number of urea groups is 1. The summed E-state index contributed by atoms with van der Waals surface area (Å²) in [5.41, 5.74) is 0.337. The number of amides is 2. The highest BCUT2D eigenvalue weighted by Gasteiger charge is 2.36. The van der Waals surface area contributed by atoms with E-state index in [1.54, 1.807) is 0 Å². The SMILES string of the molecule is CC(C)(C)C1CCN(C(=O)N2CCC2)C1.